The Labute approximate surface area is 301 Å². The number of nitrogens with zero attached hydrogens (tertiary/aromatic N) is 1. The smallest absolute Gasteiger partial charge is 0.387 e. The third-order valence-corrected chi connectivity index (χ3v) is 9.21. The van der Waals surface area contributed by atoms with Crippen LogP contribution in [0.15, 0.2) is 48.6 Å². The predicted molar refractivity (Wildman–Crippen MR) is 207 cm³/mol. The van der Waals surface area contributed by atoms with Gasteiger partial charge in [-0.3, -0.25) is 13.8 Å². The average molecular weight is 712 g/mol. The zero-order chi connectivity index (χ0) is 36.5. The Morgan fingerprint density at radius 1 is 0.673 bits per heavy atom. The van der Waals surface area contributed by atoms with E-state index < -0.39 is 20.0 Å². The van der Waals surface area contributed by atoms with Gasteiger partial charge < -0.3 is 19.8 Å². The van der Waals surface area contributed by atoms with E-state index in [4.69, 9.17) is 9.05 Å². The molecule has 3 N–H and O–H groups in total. The molecule has 0 aliphatic rings. The summed E-state index contributed by atoms with van der Waals surface area (Å²) >= 11 is 0. The first-order valence-electron chi connectivity index (χ1n) is 19.5. The molecule has 0 rings (SSSR count). The van der Waals surface area contributed by atoms with Gasteiger partial charge in [0.1, 0.15) is 13.2 Å². The number of amides is 1. The maximum atomic E-state index is 12.7. The Hall–Kier alpha value is -1.54. The number of allylic oxidation sites excluding steroid dienone is 7. The van der Waals surface area contributed by atoms with Gasteiger partial charge in [0.05, 0.1) is 39.9 Å². The van der Waals surface area contributed by atoms with Gasteiger partial charge in [0.25, 0.3) is 0 Å². The highest BCUT2D eigenvalue weighted by atomic mass is 31.2. The lowest BCUT2D eigenvalue weighted by Crippen LogP contribution is -2.45. The van der Waals surface area contributed by atoms with Crippen molar-refractivity contribution in [3.63, 3.8) is 0 Å². The highest BCUT2D eigenvalue weighted by molar-refractivity contribution is 7.47. The second-order valence-corrected chi connectivity index (χ2v) is 15.7. The van der Waals surface area contributed by atoms with Gasteiger partial charge in [-0.2, -0.15) is 0 Å². The van der Waals surface area contributed by atoms with Crippen LogP contribution in [0, 0.1) is 0 Å². The van der Waals surface area contributed by atoms with Crippen LogP contribution >= 0.6 is 7.82 Å². The number of carbonyl (C=O) groups is 1. The van der Waals surface area contributed by atoms with Crippen LogP contribution in [0.1, 0.15) is 149 Å². The second-order valence-electron chi connectivity index (χ2n) is 14.3. The molecule has 0 aliphatic heterocycles. The number of rotatable bonds is 34. The third-order valence-electron chi connectivity index (χ3n) is 8.23. The molecular weight excluding hydrogens is 635 g/mol. The minimum absolute atomic E-state index is 0.0504. The van der Waals surface area contributed by atoms with Crippen molar-refractivity contribution in [2.45, 2.75) is 161 Å². The molecule has 3 unspecified atom stereocenters. The monoisotopic (exact) mass is 712 g/mol. The Morgan fingerprint density at radius 2 is 1.16 bits per heavy atom. The summed E-state index contributed by atoms with van der Waals surface area (Å²) in [5, 5.41) is 13.7. The largest absolute Gasteiger partial charge is 0.472 e. The van der Waals surface area contributed by atoms with Gasteiger partial charge >= 0.3 is 7.82 Å². The molecule has 0 aromatic rings. The van der Waals surface area contributed by atoms with Crippen LogP contribution in [0.4, 0.5) is 0 Å². The Bertz CT molecular complexity index is 944. The molecule has 0 spiro atoms. The normalized spacial score (nSPS) is 15.2. The second kappa shape index (κ2) is 32.4. The third kappa shape index (κ3) is 34.7. The summed E-state index contributed by atoms with van der Waals surface area (Å²) in [6.45, 7) is 4.67. The maximum absolute atomic E-state index is 12.7. The first kappa shape index (κ1) is 47.5. The van der Waals surface area contributed by atoms with Crippen LogP contribution in [0.2, 0.25) is 0 Å². The Balaban J connectivity index is 4.61. The number of carbonyl (C=O) groups excluding carboxylic acids is 1. The molecule has 0 saturated heterocycles. The van der Waals surface area contributed by atoms with E-state index in [2.05, 4.69) is 55.6 Å². The minimum Gasteiger partial charge on any atom is -0.387 e. The van der Waals surface area contributed by atoms with Crippen molar-refractivity contribution in [1.29, 1.82) is 0 Å². The highest BCUT2D eigenvalue weighted by Crippen LogP contribution is 2.43. The van der Waals surface area contributed by atoms with E-state index in [1.54, 1.807) is 6.08 Å². The molecule has 1 amide bonds. The summed E-state index contributed by atoms with van der Waals surface area (Å²) in [5.74, 6) is -0.207. The minimum atomic E-state index is -4.34. The van der Waals surface area contributed by atoms with Crippen molar-refractivity contribution in [2.24, 2.45) is 0 Å². The molecule has 9 heteroatoms. The zero-order valence-corrected chi connectivity index (χ0v) is 33.1. The summed E-state index contributed by atoms with van der Waals surface area (Å²) in [7, 11) is 1.53. The van der Waals surface area contributed by atoms with E-state index in [0.29, 0.717) is 17.4 Å². The van der Waals surface area contributed by atoms with E-state index >= 15 is 0 Å². The van der Waals surface area contributed by atoms with Gasteiger partial charge in [-0.25, -0.2) is 4.57 Å². The number of phosphoric acid groups is 1. The summed E-state index contributed by atoms with van der Waals surface area (Å²) < 4.78 is 23.4. The predicted octanol–water partition coefficient (Wildman–Crippen LogP) is 10.1. The standard InChI is InChI=1S/C40H75N2O6P/c1-6-8-10-12-14-16-18-19-20-21-22-23-24-25-27-29-31-33-39(43)38(37-48-49(45,46)47-36-35-42(3,4)5)41-40(44)34-32-30-28-26-17-15-13-11-9-7-2/h11,13,20-21,24-25,31,33,38-39,43H,6-10,12,14-19,22-23,26-30,32,34-37H2,1-5H3,(H-,41,44,45,46)/p+1/b13-11-,21-20+,25-24+,33-31+. The van der Waals surface area contributed by atoms with E-state index in [9.17, 15) is 19.4 Å². The van der Waals surface area contributed by atoms with Crippen molar-refractivity contribution in [3.8, 4) is 0 Å². The number of quaternary nitrogens is 1. The van der Waals surface area contributed by atoms with Gasteiger partial charge in [-0.15, -0.1) is 0 Å². The van der Waals surface area contributed by atoms with Crippen LogP contribution in [-0.2, 0) is 18.4 Å². The fourth-order valence-corrected chi connectivity index (χ4v) is 5.81. The lowest BCUT2D eigenvalue weighted by Gasteiger charge is -2.25. The summed E-state index contributed by atoms with van der Waals surface area (Å²) in [4.78, 5) is 22.9. The summed E-state index contributed by atoms with van der Waals surface area (Å²) in [5.41, 5.74) is 0. The number of hydrogen-bond donors (Lipinski definition) is 3. The number of aliphatic hydroxyl groups is 1. The molecule has 0 saturated carbocycles. The van der Waals surface area contributed by atoms with Crippen LogP contribution in [0.25, 0.3) is 0 Å². The van der Waals surface area contributed by atoms with E-state index in [1.807, 2.05) is 27.2 Å². The highest BCUT2D eigenvalue weighted by Gasteiger charge is 2.27. The molecular formula is C40H76N2O6P+. The number of unbranched alkanes of at least 4 members (excludes halogenated alkanes) is 15. The molecule has 286 valence electrons. The van der Waals surface area contributed by atoms with E-state index in [0.717, 1.165) is 70.6 Å². The maximum Gasteiger partial charge on any atom is 0.472 e. The molecule has 0 bridgehead atoms. The van der Waals surface area contributed by atoms with Crippen molar-refractivity contribution >= 4 is 13.7 Å². The van der Waals surface area contributed by atoms with Crippen molar-refractivity contribution in [2.75, 3.05) is 40.9 Å². The summed E-state index contributed by atoms with van der Waals surface area (Å²) in [6.07, 6.45) is 39.0. The summed E-state index contributed by atoms with van der Waals surface area (Å²) in [6, 6.07) is -0.871. The molecule has 49 heavy (non-hydrogen) atoms. The van der Waals surface area contributed by atoms with Gasteiger partial charge in [-0.05, 0) is 64.2 Å². The molecule has 8 nitrogen and oxygen atoms in total. The Kier molecular flexibility index (Phi) is 31.4. The quantitative estimate of drug-likeness (QED) is 0.0266. The molecule has 0 fully saturated rings. The van der Waals surface area contributed by atoms with Crippen LogP contribution in [0.3, 0.4) is 0 Å². The first-order valence-corrected chi connectivity index (χ1v) is 21.0. The lowest BCUT2D eigenvalue weighted by molar-refractivity contribution is -0.870. The van der Waals surface area contributed by atoms with Crippen LogP contribution in [0.5, 0.6) is 0 Å². The van der Waals surface area contributed by atoms with Crippen molar-refractivity contribution in [3.05, 3.63) is 48.6 Å². The molecule has 0 radical (unpaired) electrons. The number of hydrogen-bond acceptors (Lipinski definition) is 5. The number of aliphatic hydroxyl groups excluding tert-OH is 1. The lowest BCUT2D eigenvalue weighted by atomic mass is 10.1. The molecule has 0 aromatic heterocycles. The molecule has 0 aromatic carbocycles. The molecule has 0 aliphatic carbocycles. The SMILES string of the molecule is CCC/C=C\CCCCCCCC(=O)NC(COP(=O)(O)OCC[N+](C)(C)C)C(O)/C=C/CC/C=C/CC/C=C/CCCCCCCCC. The van der Waals surface area contributed by atoms with Gasteiger partial charge in [0, 0.05) is 6.42 Å². The molecule has 0 heterocycles. The van der Waals surface area contributed by atoms with Gasteiger partial charge in [0.2, 0.25) is 5.91 Å². The zero-order valence-electron chi connectivity index (χ0n) is 32.2. The first-order chi connectivity index (χ1) is 23.5. The molecule has 3 atom stereocenters. The topological polar surface area (TPSA) is 105 Å². The van der Waals surface area contributed by atoms with Crippen molar-refractivity contribution < 1.29 is 32.9 Å². The van der Waals surface area contributed by atoms with E-state index in [-0.39, 0.29) is 19.1 Å². The number of phosphoric ester groups is 1. The van der Waals surface area contributed by atoms with Gasteiger partial charge in [0.15, 0.2) is 0 Å². The van der Waals surface area contributed by atoms with Crippen LogP contribution in [-0.4, -0.2) is 73.4 Å². The Morgan fingerprint density at radius 3 is 1.71 bits per heavy atom. The fourth-order valence-electron chi connectivity index (χ4n) is 5.07. The van der Waals surface area contributed by atoms with Gasteiger partial charge in [-0.1, -0.05) is 127 Å². The fraction of sp³-hybridized carbons (Fsp3) is 0.775. The van der Waals surface area contributed by atoms with E-state index in [1.165, 1.54) is 57.8 Å². The van der Waals surface area contributed by atoms with Crippen LogP contribution < -0.4 is 5.32 Å². The van der Waals surface area contributed by atoms with Crippen molar-refractivity contribution in [1.82, 2.24) is 5.32 Å². The average Bonchev–Trinajstić information content (AvgIpc) is 3.04. The number of likely N-dealkylation sites (N-methyl/N-ethyl adjacent to an activating group) is 1. The number of nitrogens with one attached hydrogen (secondary N) is 1.